The van der Waals surface area contributed by atoms with Crippen molar-refractivity contribution in [1.29, 1.82) is 0 Å². The fraction of sp³-hybridized carbons (Fsp3) is 0.605. The summed E-state index contributed by atoms with van der Waals surface area (Å²) in [7, 11) is 0. The van der Waals surface area contributed by atoms with Crippen LogP contribution in [0.3, 0.4) is 0 Å². The molecule has 2 aromatic carbocycles. The van der Waals surface area contributed by atoms with Crippen molar-refractivity contribution in [1.82, 2.24) is 10.6 Å². The molecule has 2 aromatic rings. The first-order valence-electron chi connectivity index (χ1n) is 19.1. The highest BCUT2D eigenvalue weighted by Crippen LogP contribution is 2.33. The molecule has 0 aliphatic carbocycles. The number of carboxylic acid groups (broad SMARTS) is 1. The fourth-order valence-corrected chi connectivity index (χ4v) is 6.91. The second-order valence-electron chi connectivity index (χ2n) is 14.3. The molecule has 22 heteroatoms. The normalized spacial score (nSPS) is 34.4. The second-order valence-corrected chi connectivity index (χ2v) is 14.3. The van der Waals surface area contributed by atoms with Crippen LogP contribution in [0, 0.1) is 0 Å². The second kappa shape index (κ2) is 21.7. The van der Waals surface area contributed by atoms with E-state index < -0.39 is 136 Å². The average Bonchev–Trinajstić information content (AvgIpc) is 3.24. The molecule has 12 N–H and O–H groups in total. The van der Waals surface area contributed by atoms with Crippen LogP contribution in [0.1, 0.15) is 23.7 Å². The predicted octanol–water partition coefficient (Wildman–Crippen LogP) is -4.45. The average molecular weight is 857 g/mol. The number of amides is 2. The molecule has 0 spiro atoms. The Morgan fingerprint density at radius 1 is 0.683 bits per heavy atom. The molecule has 3 fully saturated rings. The number of hydrogen-bond donors (Lipinski definition) is 12. The van der Waals surface area contributed by atoms with Gasteiger partial charge in [0.05, 0.1) is 26.4 Å². The van der Waals surface area contributed by atoms with Gasteiger partial charge in [-0.25, -0.2) is 4.79 Å². The third-order valence-electron chi connectivity index (χ3n) is 10.1. The van der Waals surface area contributed by atoms with Crippen LogP contribution in [0.2, 0.25) is 0 Å². The number of ether oxygens (including phenoxy) is 7. The van der Waals surface area contributed by atoms with Crippen molar-refractivity contribution in [2.75, 3.05) is 39.6 Å². The van der Waals surface area contributed by atoms with Gasteiger partial charge in [0.2, 0.25) is 5.91 Å². The maximum Gasteiger partial charge on any atom is 0.339 e. The lowest BCUT2D eigenvalue weighted by molar-refractivity contribution is -0.376. The van der Waals surface area contributed by atoms with Crippen LogP contribution < -0.4 is 15.4 Å². The van der Waals surface area contributed by atoms with Crippen LogP contribution in [0.15, 0.2) is 48.5 Å². The number of carboxylic acids is 1. The van der Waals surface area contributed by atoms with Crippen molar-refractivity contribution in [2.24, 2.45) is 0 Å². The molecule has 334 valence electrons. The van der Waals surface area contributed by atoms with Crippen LogP contribution >= 0.6 is 0 Å². The molecule has 15 atom stereocenters. The minimum absolute atomic E-state index is 0.00463. The molecule has 0 radical (unpaired) electrons. The Balaban J connectivity index is 1.16. The highest BCUT2D eigenvalue weighted by molar-refractivity contribution is 5.93. The summed E-state index contributed by atoms with van der Waals surface area (Å²) in [5, 5.41) is 109. The van der Waals surface area contributed by atoms with E-state index in [9.17, 15) is 65.4 Å². The maximum absolute atomic E-state index is 12.5. The number of nitrogens with one attached hydrogen (secondary N) is 2. The van der Waals surface area contributed by atoms with Gasteiger partial charge in [-0.05, 0) is 29.7 Å². The lowest BCUT2D eigenvalue weighted by Gasteiger charge is -2.48. The monoisotopic (exact) mass is 856 g/mol. The third kappa shape index (κ3) is 11.3. The molecule has 2 amide bonds. The van der Waals surface area contributed by atoms with Gasteiger partial charge in [0, 0.05) is 13.5 Å². The molecule has 3 aliphatic rings. The van der Waals surface area contributed by atoms with E-state index in [1.165, 1.54) is 12.1 Å². The molecule has 22 nitrogen and oxygen atoms in total. The highest BCUT2D eigenvalue weighted by Gasteiger charge is 2.54. The summed E-state index contributed by atoms with van der Waals surface area (Å²) in [6.07, 6.45) is -23.6. The van der Waals surface area contributed by atoms with E-state index in [0.717, 1.165) is 12.5 Å². The van der Waals surface area contributed by atoms with Crippen molar-refractivity contribution in [3.8, 4) is 16.9 Å². The number of benzene rings is 2. The van der Waals surface area contributed by atoms with Gasteiger partial charge in [0.1, 0.15) is 84.5 Å². The molecular formula is C38H52N2O20. The Hall–Kier alpha value is -3.95. The van der Waals surface area contributed by atoms with Gasteiger partial charge in [-0.15, -0.1) is 0 Å². The lowest BCUT2D eigenvalue weighted by Crippen LogP contribution is -2.68. The van der Waals surface area contributed by atoms with E-state index in [-0.39, 0.29) is 30.9 Å². The smallest absolute Gasteiger partial charge is 0.339 e. The Labute approximate surface area is 342 Å². The zero-order valence-corrected chi connectivity index (χ0v) is 32.3. The summed E-state index contributed by atoms with van der Waals surface area (Å²) < 4.78 is 39.4. The van der Waals surface area contributed by atoms with Crippen LogP contribution in [-0.2, 0) is 38.0 Å². The number of hydrogen-bond acceptors (Lipinski definition) is 19. The van der Waals surface area contributed by atoms with E-state index in [0.29, 0.717) is 5.56 Å². The third-order valence-corrected chi connectivity index (χ3v) is 10.1. The number of carbonyl (C=O) groups is 3. The Morgan fingerprint density at radius 3 is 1.93 bits per heavy atom. The Morgan fingerprint density at radius 2 is 1.30 bits per heavy atom. The minimum Gasteiger partial charge on any atom is -0.483 e. The van der Waals surface area contributed by atoms with Gasteiger partial charge in [0.15, 0.2) is 25.5 Å². The highest BCUT2D eigenvalue weighted by atomic mass is 16.8. The van der Waals surface area contributed by atoms with E-state index in [2.05, 4.69) is 10.6 Å². The molecular weight excluding hydrogens is 804 g/mol. The number of rotatable bonds is 18. The van der Waals surface area contributed by atoms with Gasteiger partial charge in [0.25, 0.3) is 5.91 Å². The molecule has 3 saturated heterocycles. The van der Waals surface area contributed by atoms with Gasteiger partial charge >= 0.3 is 5.97 Å². The summed E-state index contributed by atoms with van der Waals surface area (Å²) in [5.74, 6) is -2.44. The van der Waals surface area contributed by atoms with Gasteiger partial charge in [-0.3, -0.25) is 9.59 Å². The zero-order valence-electron chi connectivity index (χ0n) is 32.3. The number of aliphatic hydroxyl groups is 9. The number of aromatic carboxylic acids is 1. The molecule has 3 aliphatic heterocycles. The predicted molar refractivity (Wildman–Crippen MR) is 199 cm³/mol. The standard InChI is InChI=1S/C38H52N2O20/c1-17(44)40-26-29(48)33(59-38-32(51)34(28(47)23(14-42)57-38)60-37-31(50)30(49)27(46)22(13-41)56-37)24(15-43)58-36(26)54-11-5-10-39-25(45)16-55-21-9-8-19(12-20(21)35(52)53)18-6-3-2-4-7-18/h2-4,6-9,12,22-24,26-34,36-38,41-43,46-51H,5,10-11,13-16H2,1H3,(H,39,45)(H,40,44)(H,52,53)/t22-,23-,24-,26-,27+,28+,29-,30+,31-,32-,33-,34+,36-,37-,38+/m1/s1. The minimum atomic E-state index is -1.98. The maximum atomic E-state index is 12.5. The first-order valence-corrected chi connectivity index (χ1v) is 19.1. The van der Waals surface area contributed by atoms with Crippen molar-refractivity contribution < 1.29 is 98.6 Å². The molecule has 0 unspecified atom stereocenters. The van der Waals surface area contributed by atoms with Gasteiger partial charge in [-0.1, -0.05) is 36.4 Å². The van der Waals surface area contributed by atoms with Crippen LogP contribution in [0.4, 0.5) is 0 Å². The largest absolute Gasteiger partial charge is 0.483 e. The lowest BCUT2D eigenvalue weighted by atomic mass is 9.95. The summed E-state index contributed by atoms with van der Waals surface area (Å²) in [6, 6.07) is 12.3. The molecule has 0 bridgehead atoms. The van der Waals surface area contributed by atoms with Gasteiger partial charge < -0.3 is 94.9 Å². The van der Waals surface area contributed by atoms with Crippen LogP contribution in [0.25, 0.3) is 11.1 Å². The van der Waals surface area contributed by atoms with Crippen LogP contribution in [-0.4, -0.2) is 200 Å². The first-order chi connectivity index (χ1) is 28.7. The number of carbonyl (C=O) groups excluding carboxylic acids is 2. The topological polar surface area (TPSA) is 342 Å². The molecule has 0 aromatic heterocycles. The van der Waals surface area contributed by atoms with Crippen LogP contribution in [0.5, 0.6) is 5.75 Å². The summed E-state index contributed by atoms with van der Waals surface area (Å²) >= 11 is 0. The van der Waals surface area contributed by atoms with Crippen molar-refractivity contribution >= 4 is 17.8 Å². The van der Waals surface area contributed by atoms with Gasteiger partial charge in [-0.2, -0.15) is 0 Å². The molecule has 0 saturated carbocycles. The SMILES string of the molecule is CC(=O)N[C@H]1[C@H](OCCCNC(=O)COc2ccc(-c3ccccc3)cc2C(=O)O)O[C@H](CO)[C@@H](O[C@@H]2O[C@H](CO)[C@H](O)[C@H](O[C@H]3O[C@H](CO)[C@H](O)[C@H](O)[C@H]3O)[C@H]2O)[C@@H]1O. The van der Waals surface area contributed by atoms with E-state index >= 15 is 0 Å². The summed E-state index contributed by atoms with van der Waals surface area (Å²) in [6.45, 7) is -1.87. The zero-order chi connectivity index (χ0) is 43.7. The van der Waals surface area contributed by atoms with E-state index in [1.54, 1.807) is 6.07 Å². The Kier molecular flexibility index (Phi) is 17.1. The van der Waals surface area contributed by atoms with Crippen molar-refractivity contribution in [2.45, 2.75) is 105 Å². The summed E-state index contributed by atoms with van der Waals surface area (Å²) in [4.78, 5) is 36.6. The first kappa shape index (κ1) is 47.1. The summed E-state index contributed by atoms with van der Waals surface area (Å²) in [5.41, 5.74) is 1.32. The molecule has 3 heterocycles. The fourth-order valence-electron chi connectivity index (χ4n) is 6.91. The molecule has 5 rings (SSSR count). The van der Waals surface area contributed by atoms with E-state index in [1.807, 2.05) is 30.3 Å². The van der Waals surface area contributed by atoms with E-state index in [4.69, 9.17) is 33.2 Å². The Bertz CT molecular complexity index is 1710. The number of aliphatic hydroxyl groups excluding tert-OH is 9. The molecule has 60 heavy (non-hydrogen) atoms. The van der Waals surface area contributed by atoms with Crippen molar-refractivity contribution in [3.05, 3.63) is 54.1 Å². The van der Waals surface area contributed by atoms with Crippen molar-refractivity contribution in [3.63, 3.8) is 0 Å². The quantitative estimate of drug-likeness (QED) is 0.0629.